The Morgan fingerprint density at radius 3 is 2.58 bits per heavy atom. The van der Waals surface area contributed by atoms with Gasteiger partial charge in [-0.25, -0.2) is 0 Å². The maximum Gasteiger partial charge on any atom is 0.295 e. The van der Waals surface area contributed by atoms with Gasteiger partial charge in [0.1, 0.15) is 17.3 Å². The van der Waals surface area contributed by atoms with Crippen LogP contribution in [-0.2, 0) is 14.3 Å². The van der Waals surface area contributed by atoms with Gasteiger partial charge in [-0.3, -0.25) is 9.59 Å². The second-order valence-electron chi connectivity index (χ2n) is 6.84. The van der Waals surface area contributed by atoms with Crippen molar-refractivity contribution in [1.82, 2.24) is 4.90 Å². The highest BCUT2D eigenvalue weighted by molar-refractivity contribution is 6.46. The van der Waals surface area contributed by atoms with Gasteiger partial charge in [-0.2, -0.15) is 0 Å². The summed E-state index contributed by atoms with van der Waals surface area (Å²) in [6.07, 6.45) is 0. The molecule has 1 N–H and O–H groups in total. The number of carbonyl (C=O) groups is 2. The zero-order valence-corrected chi connectivity index (χ0v) is 18.3. The summed E-state index contributed by atoms with van der Waals surface area (Å²) < 4.78 is 15.8. The topological polar surface area (TPSA) is 85.3 Å². The molecule has 2 aromatic rings. The third-order valence-corrected chi connectivity index (χ3v) is 5.28. The average molecular weight is 446 g/mol. The lowest BCUT2D eigenvalue weighted by molar-refractivity contribution is -0.140. The van der Waals surface area contributed by atoms with E-state index in [9.17, 15) is 14.7 Å². The first-order valence-electron chi connectivity index (χ1n) is 9.76. The van der Waals surface area contributed by atoms with Crippen LogP contribution in [0.1, 0.15) is 24.1 Å². The second-order valence-corrected chi connectivity index (χ2v) is 7.25. The van der Waals surface area contributed by atoms with Gasteiger partial charge < -0.3 is 24.2 Å². The number of aliphatic hydroxyl groups is 1. The number of hydrogen-bond acceptors (Lipinski definition) is 6. The SMILES string of the molecule is CCOc1cccc(C2/C(=C(\O)c3ccc(OC)c(Cl)c3)C(=O)C(=O)N2CCOC)c1. The van der Waals surface area contributed by atoms with E-state index in [4.69, 9.17) is 25.8 Å². The fraction of sp³-hybridized carbons (Fsp3) is 0.304. The highest BCUT2D eigenvalue weighted by atomic mass is 35.5. The molecule has 0 spiro atoms. The van der Waals surface area contributed by atoms with Crippen LogP contribution in [-0.4, -0.2) is 55.7 Å². The molecule has 0 bridgehead atoms. The van der Waals surface area contributed by atoms with Crippen LogP contribution in [0.15, 0.2) is 48.0 Å². The van der Waals surface area contributed by atoms with E-state index in [0.717, 1.165) is 0 Å². The van der Waals surface area contributed by atoms with Crippen molar-refractivity contribution in [3.63, 3.8) is 0 Å². The molecule has 1 atom stereocenters. The quantitative estimate of drug-likeness (QED) is 0.378. The Morgan fingerprint density at radius 1 is 1.16 bits per heavy atom. The first-order chi connectivity index (χ1) is 14.9. The summed E-state index contributed by atoms with van der Waals surface area (Å²) in [7, 11) is 2.99. The van der Waals surface area contributed by atoms with Gasteiger partial charge in [0.25, 0.3) is 11.7 Å². The molecule has 164 valence electrons. The van der Waals surface area contributed by atoms with Crippen molar-refractivity contribution in [1.29, 1.82) is 0 Å². The van der Waals surface area contributed by atoms with Crippen molar-refractivity contribution in [2.75, 3.05) is 34.0 Å². The number of nitrogens with zero attached hydrogens (tertiary/aromatic N) is 1. The first kappa shape index (κ1) is 22.7. The molecule has 1 amide bonds. The summed E-state index contributed by atoms with van der Waals surface area (Å²) >= 11 is 6.20. The van der Waals surface area contributed by atoms with E-state index >= 15 is 0 Å². The summed E-state index contributed by atoms with van der Waals surface area (Å²) in [4.78, 5) is 27.2. The molecule has 1 heterocycles. The lowest BCUT2D eigenvalue weighted by atomic mass is 9.95. The molecule has 7 nitrogen and oxygen atoms in total. The van der Waals surface area contributed by atoms with Crippen LogP contribution in [0, 0.1) is 0 Å². The average Bonchev–Trinajstić information content (AvgIpc) is 3.02. The normalized spacial score (nSPS) is 17.8. The molecule has 0 aromatic heterocycles. The number of carbonyl (C=O) groups excluding carboxylic acids is 2. The standard InChI is InChI=1S/C23H24ClNO6/c1-4-31-16-7-5-6-14(12-16)20-19(22(27)23(28)25(20)10-11-29-2)21(26)15-8-9-18(30-3)17(24)13-15/h5-9,12-13,20,26H,4,10-11H2,1-3H3/b21-19+. The zero-order valence-electron chi connectivity index (χ0n) is 17.6. The number of methoxy groups -OCH3 is 2. The Kier molecular flexibility index (Phi) is 7.20. The number of halogens is 1. The zero-order chi connectivity index (χ0) is 22.5. The van der Waals surface area contributed by atoms with E-state index in [0.29, 0.717) is 29.2 Å². The van der Waals surface area contributed by atoms with E-state index < -0.39 is 17.7 Å². The Hall–Kier alpha value is -3.03. The Labute approximate surface area is 185 Å². The predicted octanol–water partition coefficient (Wildman–Crippen LogP) is 3.82. The number of rotatable bonds is 8. The van der Waals surface area contributed by atoms with Crippen molar-refractivity contribution >= 4 is 29.1 Å². The van der Waals surface area contributed by atoms with E-state index in [1.54, 1.807) is 36.4 Å². The number of benzene rings is 2. The molecule has 0 aliphatic carbocycles. The van der Waals surface area contributed by atoms with Crippen molar-refractivity contribution in [3.05, 3.63) is 64.2 Å². The highest BCUT2D eigenvalue weighted by Gasteiger charge is 2.46. The van der Waals surface area contributed by atoms with Gasteiger partial charge in [0.15, 0.2) is 0 Å². The molecule has 1 fully saturated rings. The molecular weight excluding hydrogens is 422 g/mol. The third kappa shape index (κ3) is 4.52. The van der Waals surface area contributed by atoms with Crippen molar-refractivity contribution in [3.8, 4) is 11.5 Å². The van der Waals surface area contributed by atoms with Crippen molar-refractivity contribution in [2.45, 2.75) is 13.0 Å². The summed E-state index contributed by atoms with van der Waals surface area (Å²) in [6, 6.07) is 11.0. The molecule has 8 heteroatoms. The molecule has 1 aliphatic rings. The summed E-state index contributed by atoms with van der Waals surface area (Å²) in [5, 5.41) is 11.3. The highest BCUT2D eigenvalue weighted by Crippen LogP contribution is 2.40. The molecular formula is C23H24ClNO6. The Balaban J connectivity index is 2.16. The Bertz CT molecular complexity index is 1020. The maximum absolute atomic E-state index is 13.0. The van der Waals surface area contributed by atoms with Crippen LogP contribution in [0.2, 0.25) is 5.02 Å². The summed E-state index contributed by atoms with van der Waals surface area (Å²) in [6.45, 7) is 2.76. The van der Waals surface area contributed by atoms with Crippen molar-refractivity contribution < 1.29 is 28.9 Å². The van der Waals surface area contributed by atoms with Gasteiger partial charge in [-0.15, -0.1) is 0 Å². The monoisotopic (exact) mass is 445 g/mol. The summed E-state index contributed by atoms with van der Waals surface area (Å²) in [5.74, 6) is -0.753. The molecule has 1 unspecified atom stereocenters. The summed E-state index contributed by atoms with van der Waals surface area (Å²) in [5.41, 5.74) is 0.930. The minimum Gasteiger partial charge on any atom is -0.507 e. The number of Topliss-reactive ketones (excluding diaryl/α,β-unsaturated/α-hetero) is 1. The number of ketones is 1. The van der Waals surface area contributed by atoms with Gasteiger partial charge in [0.2, 0.25) is 0 Å². The van der Waals surface area contributed by atoms with Crippen LogP contribution in [0.5, 0.6) is 11.5 Å². The maximum atomic E-state index is 13.0. The van der Waals surface area contributed by atoms with Crippen LogP contribution in [0.4, 0.5) is 0 Å². The molecule has 2 aromatic carbocycles. The lowest BCUT2D eigenvalue weighted by Gasteiger charge is -2.25. The number of hydrogen-bond donors (Lipinski definition) is 1. The number of ether oxygens (including phenoxy) is 3. The second kappa shape index (κ2) is 9.85. The molecule has 3 rings (SSSR count). The number of likely N-dealkylation sites (tertiary alicyclic amines) is 1. The molecule has 1 saturated heterocycles. The number of amides is 1. The lowest BCUT2D eigenvalue weighted by Crippen LogP contribution is -2.32. The van der Waals surface area contributed by atoms with Crippen LogP contribution in [0.25, 0.3) is 5.76 Å². The van der Waals surface area contributed by atoms with Gasteiger partial charge in [0.05, 0.1) is 37.0 Å². The van der Waals surface area contributed by atoms with Crippen LogP contribution < -0.4 is 9.47 Å². The molecule has 31 heavy (non-hydrogen) atoms. The third-order valence-electron chi connectivity index (χ3n) is 4.99. The fourth-order valence-corrected chi connectivity index (χ4v) is 3.81. The minimum absolute atomic E-state index is 0.0176. The van der Waals surface area contributed by atoms with E-state index in [1.807, 2.05) is 6.92 Å². The van der Waals surface area contributed by atoms with Gasteiger partial charge in [-0.05, 0) is 42.8 Å². The molecule has 0 radical (unpaired) electrons. The largest absolute Gasteiger partial charge is 0.507 e. The van der Waals surface area contributed by atoms with E-state index in [-0.39, 0.29) is 29.5 Å². The predicted molar refractivity (Wildman–Crippen MR) is 117 cm³/mol. The minimum atomic E-state index is -0.795. The Morgan fingerprint density at radius 2 is 1.94 bits per heavy atom. The smallest absolute Gasteiger partial charge is 0.295 e. The van der Waals surface area contributed by atoms with Gasteiger partial charge >= 0.3 is 0 Å². The van der Waals surface area contributed by atoms with Gasteiger partial charge in [-0.1, -0.05) is 23.7 Å². The van der Waals surface area contributed by atoms with Crippen molar-refractivity contribution in [2.24, 2.45) is 0 Å². The first-order valence-corrected chi connectivity index (χ1v) is 10.1. The van der Waals surface area contributed by atoms with E-state index in [1.165, 1.54) is 25.2 Å². The van der Waals surface area contributed by atoms with E-state index in [2.05, 4.69) is 0 Å². The fourth-order valence-electron chi connectivity index (χ4n) is 3.56. The van der Waals surface area contributed by atoms with Crippen LogP contribution in [0.3, 0.4) is 0 Å². The van der Waals surface area contributed by atoms with Gasteiger partial charge in [0, 0.05) is 19.2 Å². The molecule has 0 saturated carbocycles. The number of aliphatic hydroxyl groups excluding tert-OH is 1. The van der Waals surface area contributed by atoms with Crippen LogP contribution >= 0.6 is 11.6 Å². The molecule has 1 aliphatic heterocycles.